The summed E-state index contributed by atoms with van der Waals surface area (Å²) in [5, 5.41) is 1.05. The molecule has 1 unspecified atom stereocenters. The second-order valence-electron chi connectivity index (χ2n) is 7.55. The van der Waals surface area contributed by atoms with Crippen LogP contribution in [0, 0.1) is 0 Å². The van der Waals surface area contributed by atoms with Gasteiger partial charge in [-0.3, -0.25) is 14.7 Å². The lowest BCUT2D eigenvalue weighted by molar-refractivity contribution is -0.117. The summed E-state index contributed by atoms with van der Waals surface area (Å²) < 4.78 is 5.87. The van der Waals surface area contributed by atoms with Crippen LogP contribution in [-0.2, 0) is 4.79 Å². The fraction of sp³-hybridized carbons (Fsp3) is 0.391. The van der Waals surface area contributed by atoms with Gasteiger partial charge in [0.2, 0.25) is 5.91 Å². The largest absolute Gasteiger partial charge is 0.457 e. The number of carbonyl (C=O) groups is 1. The normalized spacial score (nSPS) is 21.0. The number of hydrogen-bond donors (Lipinski definition) is 0. The van der Waals surface area contributed by atoms with E-state index in [0.717, 1.165) is 28.1 Å². The summed E-state index contributed by atoms with van der Waals surface area (Å²) in [6.07, 6.45) is 4.88. The van der Waals surface area contributed by atoms with E-state index >= 15 is 0 Å². The van der Waals surface area contributed by atoms with Crippen LogP contribution in [0.5, 0.6) is 11.5 Å². The molecule has 6 heteroatoms. The molecule has 0 N–H and O–H groups in total. The number of amidine groups is 1. The third kappa shape index (κ3) is 4.58. The lowest BCUT2D eigenvalue weighted by atomic mass is 10.2. The van der Waals surface area contributed by atoms with Gasteiger partial charge in [0.1, 0.15) is 17.7 Å². The number of amides is 1. The number of nitrogens with zero attached hydrogens (tertiary/aromatic N) is 3. The van der Waals surface area contributed by atoms with Crippen molar-refractivity contribution < 1.29 is 9.53 Å². The molecule has 1 atom stereocenters. The summed E-state index contributed by atoms with van der Waals surface area (Å²) in [5.74, 6) is 2.40. The standard InChI is InChI=1S/C23H27N3O2S/c1-17(27)26(22-16-29-23(25(22)2)24-18-8-6-7-9-18)19-12-14-21(15-13-19)28-20-10-4-3-5-11-20/h3-5,10-15,18,22H,6-9,16H2,1-2H3. The molecule has 1 aliphatic heterocycles. The van der Waals surface area contributed by atoms with Crippen LogP contribution >= 0.6 is 11.8 Å². The molecule has 152 valence electrons. The molecular formula is C23H27N3O2S. The Bertz CT molecular complexity index is 863. The number of anilines is 1. The van der Waals surface area contributed by atoms with Gasteiger partial charge < -0.3 is 9.64 Å². The zero-order chi connectivity index (χ0) is 20.2. The van der Waals surface area contributed by atoms with Crippen molar-refractivity contribution in [2.75, 3.05) is 17.7 Å². The first-order valence-corrected chi connectivity index (χ1v) is 11.2. The third-order valence-corrected chi connectivity index (χ3v) is 6.58. The molecule has 2 aliphatic rings. The Morgan fingerprint density at radius 3 is 2.38 bits per heavy atom. The van der Waals surface area contributed by atoms with Crippen molar-refractivity contribution in [2.45, 2.75) is 44.8 Å². The third-order valence-electron chi connectivity index (χ3n) is 5.46. The van der Waals surface area contributed by atoms with Gasteiger partial charge in [-0.15, -0.1) is 0 Å². The van der Waals surface area contributed by atoms with Gasteiger partial charge in [-0.1, -0.05) is 42.8 Å². The monoisotopic (exact) mass is 409 g/mol. The Balaban J connectivity index is 1.49. The van der Waals surface area contributed by atoms with Crippen molar-refractivity contribution in [3.8, 4) is 11.5 Å². The summed E-state index contributed by atoms with van der Waals surface area (Å²) in [6.45, 7) is 1.62. The highest BCUT2D eigenvalue weighted by molar-refractivity contribution is 8.14. The minimum Gasteiger partial charge on any atom is -0.457 e. The van der Waals surface area contributed by atoms with Crippen LogP contribution in [0.4, 0.5) is 5.69 Å². The summed E-state index contributed by atoms with van der Waals surface area (Å²) >= 11 is 1.75. The number of aliphatic imine (C=N–C) groups is 1. The Kier molecular flexibility index (Phi) is 6.09. The van der Waals surface area contributed by atoms with E-state index in [1.54, 1.807) is 18.7 Å². The van der Waals surface area contributed by atoms with E-state index in [-0.39, 0.29) is 12.1 Å². The Hall–Kier alpha value is -2.47. The molecule has 1 saturated heterocycles. The first-order valence-electron chi connectivity index (χ1n) is 10.2. The average Bonchev–Trinajstić information content (AvgIpc) is 3.36. The maximum absolute atomic E-state index is 12.5. The second kappa shape index (κ2) is 8.91. The van der Waals surface area contributed by atoms with E-state index in [2.05, 4.69) is 4.90 Å². The molecule has 1 amide bonds. The predicted molar refractivity (Wildman–Crippen MR) is 120 cm³/mol. The van der Waals surface area contributed by atoms with Crippen LogP contribution in [0.15, 0.2) is 59.6 Å². The molecule has 2 fully saturated rings. The first-order chi connectivity index (χ1) is 14.1. The zero-order valence-corrected chi connectivity index (χ0v) is 17.8. The lowest BCUT2D eigenvalue weighted by Gasteiger charge is -2.33. The van der Waals surface area contributed by atoms with Crippen LogP contribution in [0.2, 0.25) is 0 Å². The number of rotatable bonds is 5. The molecule has 29 heavy (non-hydrogen) atoms. The fourth-order valence-electron chi connectivity index (χ4n) is 3.92. The highest BCUT2D eigenvalue weighted by atomic mass is 32.2. The van der Waals surface area contributed by atoms with Gasteiger partial charge in [0.05, 0.1) is 6.04 Å². The zero-order valence-electron chi connectivity index (χ0n) is 17.0. The molecule has 4 rings (SSSR count). The number of benzene rings is 2. The van der Waals surface area contributed by atoms with Crippen molar-refractivity contribution in [2.24, 2.45) is 4.99 Å². The summed E-state index contributed by atoms with van der Waals surface area (Å²) in [4.78, 5) is 21.5. The molecule has 1 saturated carbocycles. The molecule has 0 aromatic heterocycles. The van der Waals surface area contributed by atoms with E-state index in [1.807, 2.05) is 66.5 Å². The van der Waals surface area contributed by atoms with Gasteiger partial charge in [-0.25, -0.2) is 0 Å². The maximum atomic E-state index is 12.5. The van der Waals surface area contributed by atoms with Crippen molar-refractivity contribution in [3.63, 3.8) is 0 Å². The van der Waals surface area contributed by atoms with Crippen molar-refractivity contribution in [1.29, 1.82) is 0 Å². The van der Waals surface area contributed by atoms with E-state index in [9.17, 15) is 4.79 Å². The smallest absolute Gasteiger partial charge is 0.225 e. The summed E-state index contributed by atoms with van der Waals surface area (Å²) in [7, 11) is 2.04. The molecule has 2 aromatic carbocycles. The minimum atomic E-state index is -0.0291. The Morgan fingerprint density at radius 1 is 1.07 bits per heavy atom. The van der Waals surface area contributed by atoms with Gasteiger partial charge >= 0.3 is 0 Å². The van der Waals surface area contributed by atoms with Crippen molar-refractivity contribution >= 4 is 28.5 Å². The molecule has 0 radical (unpaired) electrons. The van der Waals surface area contributed by atoms with Crippen LogP contribution in [0.25, 0.3) is 0 Å². The predicted octanol–water partition coefficient (Wildman–Crippen LogP) is 5.14. The fourth-order valence-corrected chi connectivity index (χ4v) is 5.14. The van der Waals surface area contributed by atoms with E-state index in [0.29, 0.717) is 6.04 Å². The molecule has 1 aliphatic carbocycles. The maximum Gasteiger partial charge on any atom is 0.225 e. The van der Waals surface area contributed by atoms with Gasteiger partial charge in [0, 0.05) is 25.4 Å². The summed E-state index contributed by atoms with van der Waals surface area (Å²) in [6, 6.07) is 17.9. The van der Waals surface area contributed by atoms with Crippen LogP contribution in [-0.4, -0.2) is 41.0 Å². The number of para-hydroxylation sites is 1. The number of thioether (sulfide) groups is 1. The lowest BCUT2D eigenvalue weighted by Crippen LogP contribution is -2.48. The van der Waals surface area contributed by atoms with E-state index in [1.165, 1.54) is 25.7 Å². The van der Waals surface area contributed by atoms with Gasteiger partial charge in [-0.2, -0.15) is 0 Å². The van der Waals surface area contributed by atoms with Crippen molar-refractivity contribution in [3.05, 3.63) is 54.6 Å². The highest BCUT2D eigenvalue weighted by Crippen LogP contribution is 2.32. The van der Waals surface area contributed by atoms with Crippen molar-refractivity contribution in [1.82, 2.24) is 4.90 Å². The second-order valence-corrected chi connectivity index (χ2v) is 8.54. The number of hydrogen-bond acceptors (Lipinski definition) is 4. The van der Waals surface area contributed by atoms with E-state index < -0.39 is 0 Å². The number of ether oxygens (including phenoxy) is 1. The minimum absolute atomic E-state index is 0.0290. The Morgan fingerprint density at radius 2 is 1.72 bits per heavy atom. The van der Waals surface area contributed by atoms with Crippen LogP contribution in [0.3, 0.4) is 0 Å². The van der Waals surface area contributed by atoms with Gasteiger partial charge in [0.15, 0.2) is 5.17 Å². The molecule has 2 aromatic rings. The van der Waals surface area contributed by atoms with Crippen LogP contribution in [0.1, 0.15) is 32.6 Å². The molecule has 0 bridgehead atoms. The van der Waals surface area contributed by atoms with Gasteiger partial charge in [0.25, 0.3) is 0 Å². The Labute approximate surface area is 176 Å². The summed E-state index contributed by atoms with van der Waals surface area (Å²) in [5.41, 5.74) is 0.873. The quantitative estimate of drug-likeness (QED) is 0.686. The molecule has 0 spiro atoms. The molecular weight excluding hydrogens is 382 g/mol. The molecule has 5 nitrogen and oxygen atoms in total. The average molecular weight is 410 g/mol. The topological polar surface area (TPSA) is 45.1 Å². The van der Waals surface area contributed by atoms with E-state index in [4.69, 9.17) is 9.73 Å². The van der Waals surface area contributed by atoms with Gasteiger partial charge in [-0.05, 0) is 49.2 Å². The highest BCUT2D eigenvalue weighted by Gasteiger charge is 2.35. The number of carbonyl (C=O) groups excluding carboxylic acids is 1. The SMILES string of the molecule is CC(=O)N(c1ccc(Oc2ccccc2)cc1)C1CSC(=NC2CCCC2)N1C. The molecule has 1 heterocycles. The first kappa shape index (κ1) is 19.8. The van der Waals surface area contributed by atoms with Crippen LogP contribution < -0.4 is 9.64 Å².